The summed E-state index contributed by atoms with van der Waals surface area (Å²) in [5.74, 6) is -3.03. The zero-order valence-electron chi connectivity index (χ0n) is 15.7. The molecule has 3 N–H and O–H groups in total. The summed E-state index contributed by atoms with van der Waals surface area (Å²) in [6, 6.07) is 1.74. The molecule has 0 saturated carbocycles. The van der Waals surface area contributed by atoms with Crippen molar-refractivity contribution < 1.29 is 34.1 Å². The van der Waals surface area contributed by atoms with Gasteiger partial charge in [0.1, 0.15) is 16.8 Å². The predicted octanol–water partition coefficient (Wildman–Crippen LogP) is 2.99. The van der Waals surface area contributed by atoms with Gasteiger partial charge >= 0.3 is 11.9 Å². The number of halogens is 2. The molecule has 0 unspecified atom stereocenters. The Bertz CT molecular complexity index is 788. The number of Topliss-reactive ketones (excluding diaryl/α,β-unsaturated/α-hetero) is 1. The maximum atomic E-state index is 12.8. The molecule has 2 atom stereocenters. The van der Waals surface area contributed by atoms with Gasteiger partial charge in [0.2, 0.25) is 5.91 Å². The van der Waals surface area contributed by atoms with Crippen LogP contribution in [0.25, 0.3) is 0 Å². The summed E-state index contributed by atoms with van der Waals surface area (Å²) in [6.07, 6.45) is 0.481. The molecule has 29 heavy (non-hydrogen) atoms. The highest BCUT2D eigenvalue weighted by Gasteiger charge is 2.25. The molecule has 0 bridgehead atoms. The van der Waals surface area contributed by atoms with Crippen molar-refractivity contribution in [1.29, 1.82) is 0 Å². The molecule has 1 aromatic rings. The van der Waals surface area contributed by atoms with E-state index in [1.165, 1.54) is 30.8 Å². The van der Waals surface area contributed by atoms with Crippen LogP contribution in [-0.4, -0.2) is 58.0 Å². The monoisotopic (exact) mass is 465 g/mol. The topological polar surface area (TPSA) is 130 Å². The Morgan fingerprint density at radius 2 is 1.79 bits per heavy atom. The van der Waals surface area contributed by atoms with Gasteiger partial charge in [-0.3, -0.25) is 9.59 Å². The minimum absolute atomic E-state index is 0.0373. The zero-order chi connectivity index (χ0) is 22.1. The molecular weight excluding hydrogens is 445 g/mol. The predicted molar refractivity (Wildman–Crippen MR) is 110 cm³/mol. The highest BCUT2D eigenvalue weighted by molar-refractivity contribution is 7.99. The molecule has 8 nitrogen and oxygen atoms in total. The average Bonchev–Trinajstić information content (AvgIpc) is 2.64. The van der Waals surface area contributed by atoms with Gasteiger partial charge in [0, 0.05) is 29.9 Å². The van der Waals surface area contributed by atoms with Crippen molar-refractivity contribution in [3.05, 3.63) is 27.7 Å². The molecule has 160 valence electrons. The number of carboxylic acid groups (broad SMARTS) is 2. The molecule has 0 spiro atoms. The summed E-state index contributed by atoms with van der Waals surface area (Å²) in [4.78, 5) is 45.7. The van der Waals surface area contributed by atoms with Crippen molar-refractivity contribution in [2.45, 2.75) is 26.3 Å². The molecule has 1 aromatic carbocycles. The first-order chi connectivity index (χ1) is 13.6. The first kappa shape index (κ1) is 25.1. The summed E-state index contributed by atoms with van der Waals surface area (Å²) in [7, 11) is 0. The van der Waals surface area contributed by atoms with Gasteiger partial charge in [-0.1, -0.05) is 30.1 Å². The molecule has 0 fully saturated rings. The summed E-state index contributed by atoms with van der Waals surface area (Å²) in [5.41, 5.74) is 0.170. The van der Waals surface area contributed by atoms with Gasteiger partial charge in [-0.15, -0.1) is 0 Å². The Balaban J connectivity index is 2.84. The number of nitrogens with one attached hydrogen (secondary N) is 1. The van der Waals surface area contributed by atoms with Gasteiger partial charge in [-0.25, -0.2) is 9.59 Å². The number of hydrogen-bond acceptors (Lipinski definition) is 6. The molecule has 11 heteroatoms. The van der Waals surface area contributed by atoms with Gasteiger partial charge in [-0.2, -0.15) is 11.8 Å². The van der Waals surface area contributed by atoms with Crippen LogP contribution in [0.3, 0.4) is 0 Å². The van der Waals surface area contributed by atoms with Crippen LogP contribution in [-0.2, 0) is 14.4 Å². The van der Waals surface area contributed by atoms with Gasteiger partial charge in [-0.05, 0) is 18.6 Å². The molecule has 0 heterocycles. The zero-order valence-corrected chi connectivity index (χ0v) is 18.1. The van der Waals surface area contributed by atoms with Crippen molar-refractivity contribution >= 4 is 58.6 Å². The van der Waals surface area contributed by atoms with Crippen molar-refractivity contribution in [2.24, 2.45) is 5.92 Å². The van der Waals surface area contributed by atoms with Crippen molar-refractivity contribution in [2.75, 3.05) is 18.1 Å². The number of benzene rings is 1. The fourth-order valence-corrected chi connectivity index (χ4v) is 4.06. The standard InChI is InChI=1S/C18H21Cl2NO7S/c1-3-10(7-29-8-12(18(26)27)21-9(2)22)17(25)11-4-5-13(16(20)15(11)19)28-6-14(23)24/h4-5,10,12H,3,6-8H2,1-2H3,(H,21,22)(H,23,24)(H,26,27)/t10-,12+/m0/s1. The van der Waals surface area contributed by atoms with E-state index in [1.54, 1.807) is 0 Å². The number of aliphatic carboxylic acids is 2. The summed E-state index contributed by atoms with van der Waals surface area (Å²) in [5, 5.41) is 20.0. The van der Waals surface area contributed by atoms with Crippen molar-refractivity contribution in [3.63, 3.8) is 0 Å². The molecule has 0 aliphatic rings. The lowest BCUT2D eigenvalue weighted by molar-refractivity contribution is -0.141. The molecule has 0 aliphatic heterocycles. The Hall–Kier alpha value is -1.97. The van der Waals surface area contributed by atoms with E-state index >= 15 is 0 Å². The van der Waals surface area contributed by atoms with E-state index in [4.69, 9.17) is 38.2 Å². The maximum absolute atomic E-state index is 12.8. The Labute approximate surface area is 181 Å². The number of hydrogen-bond donors (Lipinski definition) is 3. The van der Waals surface area contributed by atoms with Gasteiger partial charge < -0.3 is 20.3 Å². The van der Waals surface area contributed by atoms with Crippen LogP contribution in [0, 0.1) is 5.92 Å². The lowest BCUT2D eigenvalue weighted by Crippen LogP contribution is -2.41. The van der Waals surface area contributed by atoms with Crippen LogP contribution in [0.4, 0.5) is 0 Å². The third kappa shape index (κ3) is 7.75. The van der Waals surface area contributed by atoms with Crippen molar-refractivity contribution in [3.8, 4) is 5.75 Å². The van der Waals surface area contributed by atoms with Crippen LogP contribution in [0.1, 0.15) is 30.6 Å². The first-order valence-corrected chi connectivity index (χ1v) is 10.4. The van der Waals surface area contributed by atoms with E-state index < -0.39 is 36.4 Å². The fraction of sp³-hybridized carbons (Fsp3) is 0.444. The van der Waals surface area contributed by atoms with Crippen LogP contribution < -0.4 is 10.1 Å². The number of ketones is 1. The molecule has 0 saturated heterocycles. The second kappa shape index (κ2) is 11.9. The Morgan fingerprint density at radius 1 is 1.14 bits per heavy atom. The van der Waals surface area contributed by atoms with Crippen LogP contribution in [0.15, 0.2) is 12.1 Å². The molecule has 1 rings (SSSR count). The summed E-state index contributed by atoms with van der Waals surface area (Å²) >= 11 is 13.5. The minimum atomic E-state index is -1.18. The molecule has 0 aromatic heterocycles. The lowest BCUT2D eigenvalue weighted by atomic mass is 9.97. The average molecular weight is 466 g/mol. The SMILES string of the molecule is CC[C@@H](CSC[C@@H](NC(C)=O)C(=O)O)C(=O)c1ccc(OCC(=O)O)c(Cl)c1Cl. The second-order valence-corrected chi connectivity index (χ2v) is 7.85. The quantitative estimate of drug-likeness (QED) is 0.401. The molecular formula is C18H21Cl2NO7S. The third-order valence-electron chi connectivity index (χ3n) is 3.81. The highest BCUT2D eigenvalue weighted by Crippen LogP contribution is 2.36. The van der Waals surface area contributed by atoms with Crippen LogP contribution in [0.5, 0.6) is 5.75 Å². The Kier molecular flexibility index (Phi) is 10.3. The normalized spacial score (nSPS) is 12.7. The Morgan fingerprint density at radius 3 is 2.31 bits per heavy atom. The minimum Gasteiger partial charge on any atom is -0.480 e. The molecule has 0 radical (unpaired) electrons. The number of amides is 1. The van der Waals surface area contributed by atoms with E-state index in [-0.39, 0.29) is 32.9 Å². The number of thioether (sulfide) groups is 1. The number of carbonyl (C=O) groups excluding carboxylic acids is 2. The lowest BCUT2D eigenvalue weighted by Gasteiger charge is -2.18. The number of rotatable bonds is 12. The van der Waals surface area contributed by atoms with E-state index in [2.05, 4.69) is 5.32 Å². The maximum Gasteiger partial charge on any atom is 0.341 e. The third-order valence-corrected chi connectivity index (χ3v) is 5.88. The summed E-state index contributed by atoms with van der Waals surface area (Å²) in [6.45, 7) is 2.44. The number of ether oxygens (including phenoxy) is 1. The van der Waals surface area contributed by atoms with Crippen molar-refractivity contribution in [1.82, 2.24) is 5.32 Å². The molecule has 1 amide bonds. The van der Waals surface area contributed by atoms with Crippen LogP contribution in [0.2, 0.25) is 10.0 Å². The smallest absolute Gasteiger partial charge is 0.341 e. The van der Waals surface area contributed by atoms with E-state index in [1.807, 2.05) is 6.92 Å². The first-order valence-electron chi connectivity index (χ1n) is 8.52. The largest absolute Gasteiger partial charge is 0.480 e. The van der Waals surface area contributed by atoms with Gasteiger partial charge in [0.15, 0.2) is 12.4 Å². The summed E-state index contributed by atoms with van der Waals surface area (Å²) < 4.78 is 5.02. The van der Waals surface area contributed by atoms with Gasteiger partial charge in [0.05, 0.1) is 5.02 Å². The number of carboxylic acids is 2. The number of carbonyl (C=O) groups is 4. The fourth-order valence-electron chi connectivity index (χ4n) is 2.32. The molecule has 0 aliphatic carbocycles. The van der Waals surface area contributed by atoms with E-state index in [9.17, 15) is 19.2 Å². The van der Waals surface area contributed by atoms with E-state index in [0.29, 0.717) is 12.2 Å². The van der Waals surface area contributed by atoms with Crippen LogP contribution >= 0.6 is 35.0 Å². The highest BCUT2D eigenvalue weighted by atomic mass is 35.5. The second-order valence-electron chi connectivity index (χ2n) is 6.02. The van der Waals surface area contributed by atoms with E-state index in [0.717, 1.165) is 0 Å². The van der Waals surface area contributed by atoms with Gasteiger partial charge in [0.25, 0.3) is 0 Å².